The molecule has 3 nitrogen and oxygen atoms in total. The van der Waals surface area contributed by atoms with Gasteiger partial charge in [-0.15, -0.1) is 0 Å². The summed E-state index contributed by atoms with van der Waals surface area (Å²) in [7, 11) is 0. The van der Waals surface area contributed by atoms with Crippen molar-refractivity contribution in [1.82, 2.24) is 0 Å². The standard InChI is InChI=1S/C12H14Cl2N2O/c13-9-2-1-3-10(14)11(9)8(12(15)16-17)6-7-4-5-7/h1-3,7-8,17H,4-6H2,(H2,15,16). The minimum Gasteiger partial charge on any atom is -0.409 e. The van der Waals surface area contributed by atoms with Crippen LogP contribution in [0.4, 0.5) is 0 Å². The summed E-state index contributed by atoms with van der Waals surface area (Å²) in [5.74, 6) is 0.605. The molecular weight excluding hydrogens is 259 g/mol. The largest absolute Gasteiger partial charge is 0.409 e. The Hall–Kier alpha value is -0.930. The van der Waals surface area contributed by atoms with Crippen molar-refractivity contribution in [2.45, 2.75) is 25.2 Å². The van der Waals surface area contributed by atoms with E-state index in [4.69, 9.17) is 34.1 Å². The molecule has 0 aromatic heterocycles. The van der Waals surface area contributed by atoms with Crippen LogP contribution < -0.4 is 5.73 Å². The van der Waals surface area contributed by atoms with Crippen LogP contribution in [0.3, 0.4) is 0 Å². The highest BCUT2D eigenvalue weighted by Crippen LogP contribution is 2.42. The maximum atomic E-state index is 8.86. The lowest BCUT2D eigenvalue weighted by Crippen LogP contribution is -2.23. The quantitative estimate of drug-likeness (QED) is 0.381. The van der Waals surface area contributed by atoms with Crippen molar-refractivity contribution in [2.75, 3.05) is 0 Å². The minimum atomic E-state index is -0.200. The highest BCUT2D eigenvalue weighted by atomic mass is 35.5. The molecule has 0 aliphatic heterocycles. The highest BCUT2D eigenvalue weighted by molar-refractivity contribution is 6.36. The molecule has 17 heavy (non-hydrogen) atoms. The van der Waals surface area contributed by atoms with E-state index >= 15 is 0 Å². The van der Waals surface area contributed by atoms with Crippen LogP contribution in [0.5, 0.6) is 0 Å². The summed E-state index contributed by atoms with van der Waals surface area (Å²) in [5, 5.41) is 13.1. The Labute approximate surface area is 110 Å². The smallest absolute Gasteiger partial charge is 0.146 e. The first kappa shape index (κ1) is 12.5. The molecule has 1 aliphatic carbocycles. The van der Waals surface area contributed by atoms with Crippen molar-refractivity contribution in [1.29, 1.82) is 0 Å². The molecule has 0 amide bonds. The van der Waals surface area contributed by atoms with Gasteiger partial charge in [0.25, 0.3) is 0 Å². The molecule has 5 heteroatoms. The van der Waals surface area contributed by atoms with E-state index in [2.05, 4.69) is 5.16 Å². The van der Waals surface area contributed by atoms with E-state index in [-0.39, 0.29) is 11.8 Å². The molecule has 2 rings (SSSR count). The summed E-state index contributed by atoms with van der Waals surface area (Å²) >= 11 is 12.3. The fourth-order valence-electron chi connectivity index (χ4n) is 1.99. The molecule has 92 valence electrons. The maximum Gasteiger partial charge on any atom is 0.146 e. The summed E-state index contributed by atoms with van der Waals surface area (Å²) < 4.78 is 0. The molecule has 1 fully saturated rings. The third-order valence-electron chi connectivity index (χ3n) is 3.09. The van der Waals surface area contributed by atoms with E-state index in [1.807, 2.05) is 0 Å². The van der Waals surface area contributed by atoms with E-state index in [9.17, 15) is 0 Å². The molecule has 1 aliphatic rings. The Kier molecular flexibility index (Phi) is 3.79. The van der Waals surface area contributed by atoms with Crippen LogP contribution in [-0.2, 0) is 0 Å². The molecule has 1 unspecified atom stereocenters. The van der Waals surface area contributed by atoms with Crippen molar-refractivity contribution >= 4 is 29.0 Å². The molecule has 0 radical (unpaired) electrons. The van der Waals surface area contributed by atoms with Crippen LogP contribution in [0.1, 0.15) is 30.7 Å². The van der Waals surface area contributed by atoms with Crippen LogP contribution in [0, 0.1) is 5.92 Å². The summed E-state index contributed by atoms with van der Waals surface area (Å²) in [4.78, 5) is 0. The van der Waals surface area contributed by atoms with Gasteiger partial charge in [-0.3, -0.25) is 0 Å². The fraction of sp³-hybridized carbons (Fsp3) is 0.417. The monoisotopic (exact) mass is 272 g/mol. The number of hydrogen-bond donors (Lipinski definition) is 2. The number of amidine groups is 1. The SMILES string of the molecule is NC(=NO)C(CC1CC1)c1c(Cl)cccc1Cl. The molecule has 0 heterocycles. The van der Waals surface area contributed by atoms with Gasteiger partial charge >= 0.3 is 0 Å². The van der Waals surface area contributed by atoms with Crippen molar-refractivity contribution in [3.63, 3.8) is 0 Å². The van der Waals surface area contributed by atoms with Gasteiger partial charge < -0.3 is 10.9 Å². The first-order valence-corrected chi connectivity index (χ1v) is 6.30. The topological polar surface area (TPSA) is 58.6 Å². The normalized spacial score (nSPS) is 18.1. The molecule has 1 aromatic rings. The number of nitrogens with two attached hydrogens (primary N) is 1. The predicted molar refractivity (Wildman–Crippen MR) is 70.0 cm³/mol. The van der Waals surface area contributed by atoms with Gasteiger partial charge in [-0.1, -0.05) is 47.3 Å². The zero-order chi connectivity index (χ0) is 12.4. The van der Waals surface area contributed by atoms with Gasteiger partial charge in [0.05, 0.1) is 0 Å². The number of hydrogen-bond acceptors (Lipinski definition) is 2. The molecular formula is C12H14Cl2N2O. The van der Waals surface area contributed by atoms with E-state index in [1.165, 1.54) is 12.8 Å². The van der Waals surface area contributed by atoms with E-state index < -0.39 is 0 Å². The second kappa shape index (κ2) is 5.15. The number of benzene rings is 1. The first-order valence-electron chi connectivity index (χ1n) is 5.54. The van der Waals surface area contributed by atoms with E-state index in [1.54, 1.807) is 18.2 Å². The molecule has 0 spiro atoms. The highest BCUT2D eigenvalue weighted by Gasteiger charge is 2.30. The van der Waals surface area contributed by atoms with E-state index in [0.717, 1.165) is 12.0 Å². The molecule has 0 saturated heterocycles. The van der Waals surface area contributed by atoms with Crippen LogP contribution in [0.2, 0.25) is 10.0 Å². The van der Waals surface area contributed by atoms with Crippen LogP contribution >= 0.6 is 23.2 Å². The van der Waals surface area contributed by atoms with Gasteiger partial charge in [-0.2, -0.15) is 0 Å². The summed E-state index contributed by atoms with van der Waals surface area (Å²) in [6.45, 7) is 0. The Morgan fingerprint density at radius 2 is 2.00 bits per heavy atom. The van der Waals surface area contributed by atoms with Gasteiger partial charge in [0, 0.05) is 21.5 Å². The lowest BCUT2D eigenvalue weighted by Gasteiger charge is -2.18. The average Bonchev–Trinajstić information content (AvgIpc) is 3.10. The third kappa shape index (κ3) is 2.85. The van der Waals surface area contributed by atoms with Crippen molar-refractivity contribution < 1.29 is 5.21 Å². The fourth-order valence-corrected chi connectivity index (χ4v) is 2.65. The van der Waals surface area contributed by atoms with Crippen molar-refractivity contribution in [2.24, 2.45) is 16.8 Å². The summed E-state index contributed by atoms with van der Waals surface area (Å²) in [5.41, 5.74) is 6.51. The molecule has 1 aromatic carbocycles. The lowest BCUT2D eigenvalue weighted by atomic mass is 9.92. The first-order chi connectivity index (χ1) is 8.13. The Bertz CT molecular complexity index is 424. The van der Waals surface area contributed by atoms with Gasteiger partial charge in [0.2, 0.25) is 0 Å². The maximum absolute atomic E-state index is 8.86. The Morgan fingerprint density at radius 3 is 2.47 bits per heavy atom. The zero-order valence-corrected chi connectivity index (χ0v) is 10.7. The molecule has 0 bridgehead atoms. The second-order valence-electron chi connectivity index (χ2n) is 4.39. The number of halogens is 2. The molecule has 1 saturated carbocycles. The van der Waals surface area contributed by atoms with Gasteiger partial charge in [-0.05, 0) is 24.5 Å². The van der Waals surface area contributed by atoms with Gasteiger partial charge in [-0.25, -0.2) is 0 Å². The lowest BCUT2D eigenvalue weighted by molar-refractivity contribution is 0.315. The third-order valence-corrected chi connectivity index (χ3v) is 3.75. The predicted octanol–water partition coefficient (Wildman–Crippen LogP) is 3.62. The Morgan fingerprint density at radius 1 is 1.41 bits per heavy atom. The van der Waals surface area contributed by atoms with E-state index in [0.29, 0.717) is 16.0 Å². The van der Waals surface area contributed by atoms with Gasteiger partial charge in [0.15, 0.2) is 0 Å². The van der Waals surface area contributed by atoms with Crippen LogP contribution in [0.25, 0.3) is 0 Å². The van der Waals surface area contributed by atoms with Crippen LogP contribution in [0.15, 0.2) is 23.4 Å². The Balaban J connectivity index is 2.36. The summed E-state index contributed by atoms with van der Waals surface area (Å²) in [6.07, 6.45) is 3.22. The number of oxime groups is 1. The van der Waals surface area contributed by atoms with Crippen LogP contribution in [-0.4, -0.2) is 11.0 Å². The van der Waals surface area contributed by atoms with Crippen molar-refractivity contribution in [3.05, 3.63) is 33.8 Å². The van der Waals surface area contributed by atoms with Crippen molar-refractivity contribution in [3.8, 4) is 0 Å². The second-order valence-corrected chi connectivity index (χ2v) is 5.21. The van der Waals surface area contributed by atoms with Gasteiger partial charge in [0.1, 0.15) is 5.84 Å². The number of nitrogens with zero attached hydrogens (tertiary/aromatic N) is 1. The average molecular weight is 273 g/mol. The molecule has 1 atom stereocenters. The summed E-state index contributed by atoms with van der Waals surface area (Å²) in [6, 6.07) is 5.33. The minimum absolute atomic E-state index is 0.173. The zero-order valence-electron chi connectivity index (χ0n) is 9.24. The number of rotatable bonds is 4. The molecule has 3 N–H and O–H groups in total.